The van der Waals surface area contributed by atoms with Gasteiger partial charge in [0.1, 0.15) is 6.10 Å². The Labute approximate surface area is 115 Å². The summed E-state index contributed by atoms with van der Waals surface area (Å²) < 4.78 is 4.72. The Morgan fingerprint density at radius 3 is 2.44 bits per heavy atom. The summed E-state index contributed by atoms with van der Waals surface area (Å²) in [5.74, 6) is -0.513. The molecule has 18 heavy (non-hydrogen) atoms. The maximum atomic E-state index is 11.2. The summed E-state index contributed by atoms with van der Waals surface area (Å²) in [7, 11) is 0. The zero-order chi connectivity index (χ0) is 13.5. The molecule has 100 valence electrons. The van der Waals surface area contributed by atoms with Crippen LogP contribution in [-0.2, 0) is 14.9 Å². The van der Waals surface area contributed by atoms with E-state index < -0.39 is 18.2 Å². The Kier molecular flexibility index (Phi) is 6.32. The number of halogens is 1. The molecule has 0 spiro atoms. The number of hydrogen-bond donors (Lipinski definition) is 2. The van der Waals surface area contributed by atoms with Crippen molar-refractivity contribution in [3.8, 4) is 0 Å². The Balaban J connectivity index is 2.61. The van der Waals surface area contributed by atoms with Crippen LogP contribution in [-0.4, -0.2) is 28.9 Å². The number of carbonyl (C=O) groups excluding carboxylic acids is 1. The van der Waals surface area contributed by atoms with Gasteiger partial charge < -0.3 is 14.9 Å². The number of hydrogen-bond acceptors (Lipinski definition) is 4. The van der Waals surface area contributed by atoms with Crippen LogP contribution in [0.25, 0.3) is 0 Å². The molecule has 0 heterocycles. The zero-order valence-corrected chi connectivity index (χ0v) is 11.8. The third-order valence-electron chi connectivity index (χ3n) is 2.52. The number of aliphatic hydroxyl groups excluding tert-OH is 2. The van der Waals surface area contributed by atoms with Gasteiger partial charge in [0.25, 0.3) is 0 Å². The van der Waals surface area contributed by atoms with Gasteiger partial charge in [-0.1, -0.05) is 40.2 Å². The second kappa shape index (κ2) is 7.51. The molecule has 1 rings (SSSR count). The summed E-state index contributed by atoms with van der Waals surface area (Å²) in [5.41, 5.74) is 1.65. The quantitative estimate of drug-likeness (QED) is 0.621. The highest BCUT2D eigenvalue weighted by molar-refractivity contribution is 9.08. The van der Waals surface area contributed by atoms with Crippen LogP contribution < -0.4 is 0 Å². The molecule has 1 aromatic rings. The monoisotopic (exact) mass is 316 g/mol. The molecule has 2 N–H and O–H groups in total. The molecule has 2 atom stereocenters. The van der Waals surface area contributed by atoms with Gasteiger partial charge in [-0.2, -0.15) is 0 Å². The second-order valence-corrected chi connectivity index (χ2v) is 4.46. The van der Waals surface area contributed by atoms with Gasteiger partial charge in [0.05, 0.1) is 19.1 Å². The van der Waals surface area contributed by atoms with Crippen LogP contribution in [0.2, 0.25) is 0 Å². The minimum Gasteiger partial charge on any atom is -0.466 e. The lowest BCUT2D eigenvalue weighted by Gasteiger charge is -2.17. The molecule has 1 aromatic carbocycles. The summed E-state index contributed by atoms with van der Waals surface area (Å²) in [5, 5.41) is 20.4. The first-order chi connectivity index (χ1) is 8.58. The Morgan fingerprint density at radius 2 is 1.94 bits per heavy atom. The van der Waals surface area contributed by atoms with Crippen molar-refractivity contribution in [1.82, 2.24) is 0 Å². The van der Waals surface area contributed by atoms with Gasteiger partial charge in [-0.25, -0.2) is 0 Å². The van der Waals surface area contributed by atoms with Crippen molar-refractivity contribution < 1.29 is 19.7 Å². The van der Waals surface area contributed by atoms with Gasteiger partial charge in [-0.05, 0) is 18.1 Å². The third kappa shape index (κ3) is 4.40. The largest absolute Gasteiger partial charge is 0.466 e. The van der Waals surface area contributed by atoms with Crippen molar-refractivity contribution in [2.75, 3.05) is 6.61 Å². The van der Waals surface area contributed by atoms with Crippen molar-refractivity contribution in [1.29, 1.82) is 0 Å². The fraction of sp³-hybridized carbons (Fsp3) is 0.462. The average molecular weight is 317 g/mol. The van der Waals surface area contributed by atoms with Crippen LogP contribution in [0.4, 0.5) is 0 Å². The smallest absolute Gasteiger partial charge is 0.308 e. The fourth-order valence-corrected chi connectivity index (χ4v) is 1.90. The number of alkyl halides is 1. The van der Waals surface area contributed by atoms with E-state index in [2.05, 4.69) is 15.9 Å². The highest BCUT2D eigenvalue weighted by Crippen LogP contribution is 2.20. The van der Waals surface area contributed by atoms with E-state index in [0.29, 0.717) is 5.56 Å². The van der Waals surface area contributed by atoms with Gasteiger partial charge in [-0.3, -0.25) is 4.79 Å². The van der Waals surface area contributed by atoms with Crippen LogP contribution in [0.3, 0.4) is 0 Å². The fourth-order valence-electron chi connectivity index (χ4n) is 1.53. The van der Waals surface area contributed by atoms with Crippen molar-refractivity contribution in [3.63, 3.8) is 0 Å². The average Bonchev–Trinajstić information content (AvgIpc) is 2.38. The molecule has 4 nitrogen and oxygen atoms in total. The second-order valence-electron chi connectivity index (χ2n) is 3.90. The van der Waals surface area contributed by atoms with Gasteiger partial charge in [0.15, 0.2) is 0 Å². The molecule has 2 unspecified atom stereocenters. The maximum Gasteiger partial charge on any atom is 0.308 e. The van der Waals surface area contributed by atoms with Crippen LogP contribution in [0.1, 0.15) is 30.6 Å². The molecular weight excluding hydrogens is 300 g/mol. The van der Waals surface area contributed by atoms with Crippen molar-refractivity contribution >= 4 is 21.9 Å². The highest BCUT2D eigenvalue weighted by atomic mass is 79.9. The minimum absolute atomic E-state index is 0.213. The van der Waals surface area contributed by atoms with E-state index in [0.717, 1.165) is 10.9 Å². The van der Waals surface area contributed by atoms with Gasteiger partial charge >= 0.3 is 5.97 Å². The van der Waals surface area contributed by atoms with Gasteiger partial charge in [0, 0.05) is 5.33 Å². The van der Waals surface area contributed by atoms with E-state index in [1.54, 1.807) is 19.1 Å². The number of benzene rings is 1. The topological polar surface area (TPSA) is 66.8 Å². The van der Waals surface area contributed by atoms with E-state index in [4.69, 9.17) is 4.74 Å². The number of ether oxygens (including phenoxy) is 1. The lowest BCUT2D eigenvalue weighted by Crippen LogP contribution is -2.23. The minimum atomic E-state index is -1.15. The first-order valence-electron chi connectivity index (χ1n) is 5.75. The standard InChI is InChI=1S/C13H17BrO4/c1-2-18-12(16)7-11(15)13(17)10-5-3-9(8-14)4-6-10/h3-6,11,13,15,17H,2,7-8H2,1H3. The molecule has 0 aliphatic heterocycles. The van der Waals surface area contributed by atoms with Gasteiger partial charge in [-0.15, -0.1) is 0 Å². The van der Waals surface area contributed by atoms with Crippen LogP contribution in [0, 0.1) is 0 Å². The molecule has 0 aliphatic rings. The summed E-state index contributed by atoms with van der Waals surface area (Å²) in [6.45, 7) is 1.96. The zero-order valence-electron chi connectivity index (χ0n) is 10.2. The molecule has 5 heteroatoms. The van der Waals surface area contributed by atoms with E-state index in [-0.39, 0.29) is 13.0 Å². The first-order valence-corrected chi connectivity index (χ1v) is 6.87. The molecule has 0 fully saturated rings. The van der Waals surface area contributed by atoms with Crippen LogP contribution >= 0.6 is 15.9 Å². The Bertz CT molecular complexity index is 377. The number of rotatable bonds is 6. The van der Waals surface area contributed by atoms with Crippen molar-refractivity contribution in [2.45, 2.75) is 30.9 Å². The van der Waals surface area contributed by atoms with Crippen LogP contribution in [0.5, 0.6) is 0 Å². The lowest BCUT2D eigenvalue weighted by molar-refractivity contribution is -0.147. The Hall–Kier alpha value is -0.910. The molecule has 0 radical (unpaired) electrons. The van der Waals surface area contributed by atoms with Crippen molar-refractivity contribution in [2.24, 2.45) is 0 Å². The summed E-state index contributed by atoms with van der Waals surface area (Å²) in [6, 6.07) is 7.17. The lowest BCUT2D eigenvalue weighted by atomic mass is 10.0. The first kappa shape index (κ1) is 15.1. The molecule has 0 bridgehead atoms. The Morgan fingerprint density at radius 1 is 1.33 bits per heavy atom. The summed E-state index contributed by atoms with van der Waals surface area (Å²) >= 11 is 3.32. The predicted molar refractivity (Wildman–Crippen MR) is 71.3 cm³/mol. The van der Waals surface area contributed by atoms with E-state index in [9.17, 15) is 15.0 Å². The maximum absolute atomic E-state index is 11.2. The van der Waals surface area contributed by atoms with E-state index in [1.165, 1.54) is 0 Å². The van der Waals surface area contributed by atoms with Crippen LogP contribution in [0.15, 0.2) is 24.3 Å². The summed E-state index contributed by atoms with van der Waals surface area (Å²) in [6.07, 6.45) is -2.45. The number of aliphatic hydroxyl groups is 2. The normalized spacial score (nSPS) is 14.0. The number of esters is 1. The predicted octanol–water partition coefficient (Wildman–Crippen LogP) is 1.93. The highest BCUT2D eigenvalue weighted by Gasteiger charge is 2.21. The van der Waals surface area contributed by atoms with Gasteiger partial charge in [0.2, 0.25) is 0 Å². The third-order valence-corrected chi connectivity index (χ3v) is 3.17. The molecule has 0 aliphatic carbocycles. The SMILES string of the molecule is CCOC(=O)CC(O)C(O)c1ccc(CBr)cc1. The number of carbonyl (C=O) groups is 1. The molecular formula is C13H17BrO4. The molecule has 0 saturated heterocycles. The van der Waals surface area contributed by atoms with E-state index >= 15 is 0 Å². The summed E-state index contributed by atoms with van der Waals surface area (Å²) in [4.78, 5) is 11.2. The van der Waals surface area contributed by atoms with Crippen molar-refractivity contribution in [3.05, 3.63) is 35.4 Å². The molecule has 0 aromatic heterocycles. The van der Waals surface area contributed by atoms with E-state index in [1.807, 2.05) is 12.1 Å². The molecule has 0 saturated carbocycles. The molecule has 0 amide bonds.